The van der Waals surface area contributed by atoms with Crippen molar-refractivity contribution in [3.63, 3.8) is 0 Å². The average molecular weight is 789 g/mol. The molecule has 3 heterocycles. The average Bonchev–Trinajstić information content (AvgIpc) is 3.63. The number of urea groups is 1. The lowest BCUT2D eigenvalue weighted by atomic mass is 9.79. The molecule has 1 fully saturated rings. The predicted molar refractivity (Wildman–Crippen MR) is 227 cm³/mol. The van der Waals surface area contributed by atoms with Crippen LogP contribution in [0, 0.1) is 18.3 Å². The Morgan fingerprint density at radius 2 is 1.79 bits per heavy atom. The summed E-state index contributed by atoms with van der Waals surface area (Å²) in [5.41, 5.74) is 3.45. The van der Waals surface area contributed by atoms with Crippen LogP contribution in [0.5, 0.6) is 5.75 Å². The molecule has 0 bridgehead atoms. The molecule has 304 valence electrons. The number of aromatic nitrogens is 3. The molecule has 14 heteroatoms. The van der Waals surface area contributed by atoms with Gasteiger partial charge in [0.25, 0.3) is 5.91 Å². The summed E-state index contributed by atoms with van der Waals surface area (Å²) in [6, 6.07) is 22.5. The summed E-state index contributed by atoms with van der Waals surface area (Å²) in [6.07, 6.45) is 7.18. The first-order valence-corrected chi connectivity index (χ1v) is 19.6. The molecule has 3 aromatic carbocycles. The number of pyridine rings is 1. The summed E-state index contributed by atoms with van der Waals surface area (Å²) in [6.45, 7) is 13.0. The SMILES string of the molecule is CCC(/C=C(/NC(=O)Nc1ccc(OCc2ccnc(Nc3cnc(C(=O)NCCN4CC[C@@H](F)C4)cn3)c2)c2ccccc12)N(N)c1ccc(C)cc1)C(C)(C)C. The zero-order chi connectivity index (χ0) is 41.2. The number of hydrazine groups is 1. The number of nitrogens with zero attached hydrogens (tertiary/aromatic N) is 5. The molecule has 6 N–H and O–H groups in total. The number of likely N-dealkylation sites (tertiary alicyclic amines) is 1. The van der Waals surface area contributed by atoms with Gasteiger partial charge in [0, 0.05) is 43.1 Å². The Balaban J connectivity index is 1.08. The molecule has 0 spiro atoms. The number of halogens is 1. The number of nitrogens with two attached hydrogens (primary N) is 1. The first-order valence-electron chi connectivity index (χ1n) is 19.6. The monoisotopic (exact) mass is 788 g/mol. The summed E-state index contributed by atoms with van der Waals surface area (Å²) in [7, 11) is 0. The highest BCUT2D eigenvalue weighted by molar-refractivity contribution is 6.04. The lowest BCUT2D eigenvalue weighted by molar-refractivity contribution is 0.0944. The van der Waals surface area contributed by atoms with E-state index in [9.17, 15) is 14.0 Å². The van der Waals surface area contributed by atoms with Gasteiger partial charge in [-0.25, -0.2) is 30.0 Å². The molecule has 0 radical (unpaired) electrons. The second-order valence-electron chi connectivity index (χ2n) is 15.6. The lowest BCUT2D eigenvalue weighted by Gasteiger charge is -2.30. The minimum Gasteiger partial charge on any atom is -0.488 e. The van der Waals surface area contributed by atoms with Gasteiger partial charge in [0.15, 0.2) is 0 Å². The van der Waals surface area contributed by atoms with E-state index in [0.29, 0.717) is 61.5 Å². The quantitative estimate of drug-likeness (QED) is 0.0522. The van der Waals surface area contributed by atoms with E-state index in [4.69, 9.17) is 10.6 Å². The molecule has 1 aliphatic rings. The zero-order valence-electron chi connectivity index (χ0n) is 33.8. The van der Waals surface area contributed by atoms with Crippen molar-refractivity contribution in [2.24, 2.45) is 17.2 Å². The number of anilines is 4. The predicted octanol–water partition coefficient (Wildman–Crippen LogP) is 7.84. The Bertz CT molecular complexity index is 2210. The van der Waals surface area contributed by atoms with Crippen LogP contribution < -0.4 is 36.9 Å². The van der Waals surface area contributed by atoms with Crippen molar-refractivity contribution in [2.45, 2.75) is 60.2 Å². The van der Waals surface area contributed by atoms with Crippen LogP contribution in [-0.4, -0.2) is 64.1 Å². The van der Waals surface area contributed by atoms with Crippen LogP contribution in [0.1, 0.15) is 62.2 Å². The number of carbonyl (C=O) groups excluding carboxylic acids is 2. The fraction of sp³-hybridized carbons (Fsp3) is 0.341. The number of nitrogens with one attached hydrogen (secondary N) is 4. The number of hydrogen-bond donors (Lipinski definition) is 5. The maximum Gasteiger partial charge on any atom is 0.324 e. The first kappa shape index (κ1) is 41.5. The van der Waals surface area contributed by atoms with E-state index in [0.717, 1.165) is 34.0 Å². The van der Waals surface area contributed by atoms with Gasteiger partial charge in [0.2, 0.25) is 0 Å². The van der Waals surface area contributed by atoms with Gasteiger partial charge in [0.1, 0.15) is 41.7 Å². The van der Waals surface area contributed by atoms with Crippen LogP contribution in [0.25, 0.3) is 10.8 Å². The Hall–Kier alpha value is -6.12. The highest BCUT2D eigenvalue weighted by Crippen LogP contribution is 2.33. The number of hydrogen-bond acceptors (Lipinski definition) is 10. The highest BCUT2D eigenvalue weighted by atomic mass is 19.1. The number of allylic oxidation sites excluding steroid dienone is 1. The summed E-state index contributed by atoms with van der Waals surface area (Å²) in [4.78, 5) is 41.1. The topological polar surface area (TPSA) is 163 Å². The van der Waals surface area contributed by atoms with Crippen LogP contribution in [0.4, 0.5) is 32.2 Å². The van der Waals surface area contributed by atoms with Gasteiger partial charge in [-0.1, -0.05) is 69.7 Å². The van der Waals surface area contributed by atoms with Crippen molar-refractivity contribution in [3.8, 4) is 5.75 Å². The van der Waals surface area contributed by atoms with Crippen molar-refractivity contribution in [2.75, 3.05) is 41.8 Å². The van der Waals surface area contributed by atoms with E-state index in [-0.39, 0.29) is 29.5 Å². The summed E-state index contributed by atoms with van der Waals surface area (Å²) in [5.74, 6) is 8.51. The van der Waals surface area contributed by atoms with Gasteiger partial charge in [-0.15, -0.1) is 0 Å². The number of rotatable bonds is 15. The van der Waals surface area contributed by atoms with Crippen molar-refractivity contribution in [1.29, 1.82) is 0 Å². The van der Waals surface area contributed by atoms with Crippen LogP contribution in [0.15, 0.2) is 103 Å². The number of aryl methyl sites for hydroxylation is 1. The third kappa shape index (κ3) is 11.0. The van der Waals surface area contributed by atoms with Gasteiger partial charge in [-0.2, -0.15) is 0 Å². The molecular formula is C44H53FN10O3. The number of carbonyl (C=O) groups is 2. The zero-order valence-corrected chi connectivity index (χ0v) is 33.8. The Morgan fingerprint density at radius 1 is 1.02 bits per heavy atom. The minimum absolute atomic E-state index is 0.0490. The maximum absolute atomic E-state index is 13.6. The van der Waals surface area contributed by atoms with Gasteiger partial charge < -0.3 is 20.7 Å². The normalized spacial score (nSPS) is 15.2. The first-order chi connectivity index (χ1) is 27.9. The lowest BCUT2D eigenvalue weighted by Crippen LogP contribution is -2.42. The Morgan fingerprint density at radius 3 is 2.48 bits per heavy atom. The second kappa shape index (κ2) is 18.9. The number of ether oxygens (including phenoxy) is 1. The van der Waals surface area contributed by atoms with Gasteiger partial charge >= 0.3 is 6.03 Å². The molecule has 1 saturated heterocycles. The van der Waals surface area contributed by atoms with Crippen LogP contribution in [-0.2, 0) is 6.61 Å². The number of alkyl halides is 1. The molecule has 1 aliphatic heterocycles. The Kier molecular flexibility index (Phi) is 13.5. The van der Waals surface area contributed by atoms with Gasteiger partial charge in [0.05, 0.1) is 23.8 Å². The van der Waals surface area contributed by atoms with E-state index in [2.05, 4.69) is 63.9 Å². The van der Waals surface area contributed by atoms with Crippen molar-refractivity contribution >= 4 is 45.7 Å². The number of fused-ring (bicyclic) bond motifs is 1. The summed E-state index contributed by atoms with van der Waals surface area (Å²) >= 11 is 0. The molecular weight excluding hydrogens is 736 g/mol. The van der Waals surface area contributed by atoms with Crippen molar-refractivity contribution < 1.29 is 18.7 Å². The van der Waals surface area contributed by atoms with E-state index < -0.39 is 12.2 Å². The van der Waals surface area contributed by atoms with Gasteiger partial charge in [-0.05, 0) is 79.1 Å². The number of benzene rings is 3. The third-order valence-electron chi connectivity index (χ3n) is 10.1. The third-order valence-corrected chi connectivity index (χ3v) is 10.1. The smallest absolute Gasteiger partial charge is 0.324 e. The van der Waals surface area contributed by atoms with Gasteiger partial charge in [-0.3, -0.25) is 20.0 Å². The molecule has 0 aliphatic carbocycles. The molecule has 58 heavy (non-hydrogen) atoms. The number of amides is 3. The largest absolute Gasteiger partial charge is 0.488 e. The van der Waals surface area contributed by atoms with Crippen molar-refractivity contribution in [1.82, 2.24) is 30.5 Å². The molecule has 6 rings (SSSR count). The molecule has 1 unspecified atom stereocenters. The standard InChI is InChI=1S/C44H53FN10O3/c1-6-31(44(3,4)5)24-41(55(46)33-13-11-29(2)12-14-33)53-43(57)51-36-15-16-38(35-10-8-7-9-34(35)36)58-28-30-17-19-47-39(23-30)52-40-26-49-37(25-50-40)42(56)48-20-22-54-21-18-32(45)27-54/h7-17,19,23-26,31-32H,6,18,20-22,27-28,46H2,1-5H3,(H,48,56)(H,47,50,52)(H2,51,53,57)/b41-24-/t31?,32-/m1/s1. The van der Waals surface area contributed by atoms with Crippen molar-refractivity contribution in [3.05, 3.63) is 120 Å². The fourth-order valence-electron chi connectivity index (χ4n) is 6.81. The Labute approximate surface area is 339 Å². The molecule has 2 aromatic heterocycles. The molecule has 0 saturated carbocycles. The summed E-state index contributed by atoms with van der Waals surface area (Å²) < 4.78 is 19.7. The molecule has 2 atom stereocenters. The highest BCUT2D eigenvalue weighted by Gasteiger charge is 2.24. The molecule has 13 nitrogen and oxygen atoms in total. The van der Waals surface area contributed by atoms with E-state index in [1.54, 1.807) is 6.20 Å². The second-order valence-corrected chi connectivity index (χ2v) is 15.6. The van der Waals surface area contributed by atoms with Crippen LogP contribution in [0.2, 0.25) is 0 Å². The molecule has 3 amide bonds. The fourth-order valence-corrected chi connectivity index (χ4v) is 6.81. The maximum atomic E-state index is 13.6. The van der Waals surface area contributed by atoms with Crippen LogP contribution >= 0.6 is 0 Å². The van der Waals surface area contributed by atoms with E-state index in [1.165, 1.54) is 17.4 Å². The van der Waals surface area contributed by atoms with Crippen LogP contribution in [0.3, 0.4) is 0 Å². The van der Waals surface area contributed by atoms with E-state index in [1.807, 2.05) is 90.7 Å². The summed E-state index contributed by atoms with van der Waals surface area (Å²) in [5, 5.41) is 15.1. The van der Waals surface area contributed by atoms with E-state index >= 15 is 0 Å². The minimum atomic E-state index is -0.794. The molecule has 5 aromatic rings.